The highest BCUT2D eigenvalue weighted by Gasteiger charge is 2.11. The lowest BCUT2D eigenvalue weighted by Crippen LogP contribution is -1.88. The standard InChI is InChI=1S/C12H10BrNO2S/c1-7-3-10(13)11(16-2)4-9(7)12-14-5-8(6-15)17-12/h3-6H,1-2H3. The normalized spacial score (nSPS) is 10.3. The molecule has 0 atom stereocenters. The van der Waals surface area contributed by atoms with Crippen LogP contribution in [0, 0.1) is 6.92 Å². The summed E-state index contributed by atoms with van der Waals surface area (Å²) in [5.41, 5.74) is 2.08. The van der Waals surface area contributed by atoms with Crippen molar-refractivity contribution in [3.63, 3.8) is 0 Å². The van der Waals surface area contributed by atoms with E-state index in [2.05, 4.69) is 20.9 Å². The first-order valence-electron chi connectivity index (χ1n) is 4.91. The maximum Gasteiger partial charge on any atom is 0.161 e. The fourth-order valence-electron chi connectivity index (χ4n) is 1.51. The Kier molecular flexibility index (Phi) is 3.59. The second-order valence-corrected chi connectivity index (χ2v) is 5.40. The third-order valence-corrected chi connectivity index (χ3v) is 3.94. The molecule has 0 aliphatic rings. The number of nitrogens with zero attached hydrogens (tertiary/aromatic N) is 1. The Morgan fingerprint density at radius 3 is 2.82 bits per heavy atom. The minimum atomic E-state index is 0.626. The van der Waals surface area contributed by atoms with Crippen molar-refractivity contribution < 1.29 is 9.53 Å². The number of ether oxygens (including phenoxy) is 1. The summed E-state index contributed by atoms with van der Waals surface area (Å²) in [5, 5.41) is 0.829. The zero-order valence-electron chi connectivity index (χ0n) is 9.36. The van der Waals surface area contributed by atoms with Crippen LogP contribution in [0.3, 0.4) is 0 Å². The van der Waals surface area contributed by atoms with Crippen LogP contribution in [0.25, 0.3) is 10.6 Å². The van der Waals surface area contributed by atoms with Gasteiger partial charge in [-0.25, -0.2) is 4.98 Å². The molecule has 0 saturated carbocycles. The Morgan fingerprint density at radius 1 is 1.47 bits per heavy atom. The van der Waals surface area contributed by atoms with Gasteiger partial charge in [0.25, 0.3) is 0 Å². The maximum atomic E-state index is 10.7. The Hall–Kier alpha value is -1.20. The van der Waals surface area contributed by atoms with Crippen molar-refractivity contribution in [1.29, 1.82) is 0 Å². The van der Waals surface area contributed by atoms with Crippen molar-refractivity contribution in [3.8, 4) is 16.3 Å². The van der Waals surface area contributed by atoms with Crippen LogP contribution in [-0.2, 0) is 0 Å². The summed E-state index contributed by atoms with van der Waals surface area (Å²) in [6, 6.07) is 3.91. The minimum Gasteiger partial charge on any atom is -0.496 e. The lowest BCUT2D eigenvalue weighted by molar-refractivity contribution is 0.112. The van der Waals surface area contributed by atoms with Gasteiger partial charge in [0.15, 0.2) is 6.29 Å². The quantitative estimate of drug-likeness (QED) is 0.811. The Morgan fingerprint density at radius 2 is 2.24 bits per heavy atom. The Balaban J connectivity index is 2.54. The van der Waals surface area contributed by atoms with Gasteiger partial charge in [-0.05, 0) is 40.5 Å². The number of aryl methyl sites for hydroxylation is 1. The number of halogens is 1. The molecule has 17 heavy (non-hydrogen) atoms. The van der Waals surface area contributed by atoms with E-state index >= 15 is 0 Å². The largest absolute Gasteiger partial charge is 0.496 e. The number of hydrogen-bond acceptors (Lipinski definition) is 4. The van der Waals surface area contributed by atoms with Crippen molar-refractivity contribution in [2.24, 2.45) is 0 Å². The summed E-state index contributed by atoms with van der Waals surface area (Å²) < 4.78 is 6.17. The average Bonchev–Trinajstić information content (AvgIpc) is 2.78. The summed E-state index contributed by atoms with van der Waals surface area (Å²) in [6.45, 7) is 2.00. The van der Waals surface area contributed by atoms with Gasteiger partial charge in [-0.3, -0.25) is 4.79 Å². The molecule has 2 aromatic rings. The number of methoxy groups -OCH3 is 1. The van der Waals surface area contributed by atoms with Crippen molar-refractivity contribution in [1.82, 2.24) is 4.98 Å². The summed E-state index contributed by atoms with van der Waals surface area (Å²) in [6.07, 6.45) is 2.40. The van der Waals surface area contributed by atoms with E-state index in [1.54, 1.807) is 13.3 Å². The van der Waals surface area contributed by atoms with Gasteiger partial charge >= 0.3 is 0 Å². The van der Waals surface area contributed by atoms with Gasteiger partial charge in [0.1, 0.15) is 10.8 Å². The summed E-state index contributed by atoms with van der Waals surface area (Å²) in [5.74, 6) is 0.758. The first-order valence-corrected chi connectivity index (χ1v) is 6.52. The first kappa shape index (κ1) is 12.3. The molecule has 3 nitrogen and oxygen atoms in total. The second kappa shape index (κ2) is 4.98. The third-order valence-electron chi connectivity index (χ3n) is 2.37. The van der Waals surface area contributed by atoms with Crippen molar-refractivity contribution >= 4 is 33.6 Å². The number of carbonyl (C=O) groups excluding carboxylic acids is 1. The van der Waals surface area contributed by atoms with Gasteiger partial charge in [0, 0.05) is 11.8 Å². The lowest BCUT2D eigenvalue weighted by Gasteiger charge is -2.08. The molecule has 0 spiro atoms. The molecule has 0 radical (unpaired) electrons. The average molecular weight is 312 g/mol. The highest BCUT2D eigenvalue weighted by Crippen LogP contribution is 2.35. The molecule has 0 fully saturated rings. The Bertz CT molecular complexity index is 566. The van der Waals surface area contributed by atoms with Crippen LogP contribution in [0.2, 0.25) is 0 Å². The smallest absolute Gasteiger partial charge is 0.161 e. The van der Waals surface area contributed by atoms with E-state index in [1.165, 1.54) is 11.3 Å². The number of thiazole rings is 1. The fourth-order valence-corrected chi connectivity index (χ4v) is 2.94. The zero-order chi connectivity index (χ0) is 12.4. The van der Waals surface area contributed by atoms with E-state index in [0.29, 0.717) is 4.88 Å². The molecule has 88 valence electrons. The maximum absolute atomic E-state index is 10.7. The molecule has 1 aromatic carbocycles. The van der Waals surface area contributed by atoms with Gasteiger partial charge in [0.2, 0.25) is 0 Å². The highest BCUT2D eigenvalue weighted by molar-refractivity contribution is 9.10. The number of aromatic nitrogens is 1. The minimum absolute atomic E-state index is 0.626. The van der Waals surface area contributed by atoms with Crippen LogP contribution < -0.4 is 4.74 Å². The molecular formula is C12H10BrNO2S. The van der Waals surface area contributed by atoms with E-state index in [0.717, 1.165) is 32.6 Å². The van der Waals surface area contributed by atoms with Crippen LogP contribution in [0.1, 0.15) is 15.2 Å². The number of rotatable bonds is 3. The monoisotopic (exact) mass is 311 g/mol. The lowest BCUT2D eigenvalue weighted by atomic mass is 10.1. The first-order chi connectivity index (χ1) is 8.15. The molecule has 0 bridgehead atoms. The summed E-state index contributed by atoms with van der Waals surface area (Å²) in [4.78, 5) is 15.5. The van der Waals surface area contributed by atoms with Gasteiger partial charge in [-0.1, -0.05) is 0 Å². The van der Waals surface area contributed by atoms with E-state index < -0.39 is 0 Å². The Labute approximate surface area is 112 Å². The summed E-state index contributed by atoms with van der Waals surface area (Å²) in [7, 11) is 1.62. The van der Waals surface area contributed by atoms with Gasteiger partial charge < -0.3 is 4.74 Å². The zero-order valence-corrected chi connectivity index (χ0v) is 11.8. The van der Waals surface area contributed by atoms with Crippen LogP contribution in [0.4, 0.5) is 0 Å². The molecular weight excluding hydrogens is 302 g/mol. The number of hydrogen-bond donors (Lipinski definition) is 0. The summed E-state index contributed by atoms with van der Waals surface area (Å²) >= 11 is 4.81. The van der Waals surface area contributed by atoms with Crippen LogP contribution in [0.15, 0.2) is 22.8 Å². The SMILES string of the molecule is COc1cc(-c2ncc(C=O)s2)c(C)cc1Br. The molecule has 5 heteroatoms. The molecule has 0 saturated heterocycles. The van der Waals surface area contributed by atoms with E-state index in [9.17, 15) is 4.79 Å². The molecule has 0 unspecified atom stereocenters. The van der Waals surface area contributed by atoms with Gasteiger partial charge in [0.05, 0.1) is 16.5 Å². The van der Waals surface area contributed by atoms with Crippen molar-refractivity contribution in [3.05, 3.63) is 33.2 Å². The molecule has 0 aliphatic heterocycles. The predicted molar refractivity (Wildman–Crippen MR) is 71.9 cm³/mol. The van der Waals surface area contributed by atoms with Crippen LogP contribution in [0.5, 0.6) is 5.75 Å². The van der Waals surface area contributed by atoms with Gasteiger partial charge in [-0.2, -0.15) is 0 Å². The van der Waals surface area contributed by atoms with E-state index in [1.807, 2.05) is 19.1 Å². The van der Waals surface area contributed by atoms with Crippen LogP contribution in [-0.4, -0.2) is 18.4 Å². The third kappa shape index (κ3) is 2.40. The second-order valence-electron chi connectivity index (χ2n) is 3.49. The molecule has 0 N–H and O–H groups in total. The number of benzene rings is 1. The van der Waals surface area contributed by atoms with Crippen molar-refractivity contribution in [2.75, 3.05) is 7.11 Å². The highest BCUT2D eigenvalue weighted by atomic mass is 79.9. The molecule has 1 aromatic heterocycles. The molecule has 0 amide bonds. The number of aldehydes is 1. The topological polar surface area (TPSA) is 39.2 Å². The van der Waals surface area contributed by atoms with Crippen molar-refractivity contribution in [2.45, 2.75) is 6.92 Å². The molecule has 0 aliphatic carbocycles. The number of carbonyl (C=O) groups is 1. The predicted octanol–water partition coefficient (Wildman–Crippen LogP) is 3.70. The molecule has 1 heterocycles. The van der Waals surface area contributed by atoms with E-state index in [4.69, 9.17) is 4.74 Å². The van der Waals surface area contributed by atoms with Crippen LogP contribution >= 0.6 is 27.3 Å². The molecule has 2 rings (SSSR count). The fraction of sp³-hybridized carbons (Fsp3) is 0.167. The van der Waals surface area contributed by atoms with Gasteiger partial charge in [-0.15, -0.1) is 11.3 Å². The van der Waals surface area contributed by atoms with E-state index in [-0.39, 0.29) is 0 Å².